The number of hydrogen-bond acceptors (Lipinski definition) is 7. The number of halogens is 2. The average Bonchev–Trinajstić information content (AvgIpc) is 3.44. The zero-order chi connectivity index (χ0) is 32.6. The number of aliphatic hydroxyl groups is 1. The van der Waals surface area contributed by atoms with E-state index in [0.717, 1.165) is 12.8 Å². The van der Waals surface area contributed by atoms with E-state index in [9.17, 15) is 14.7 Å². The number of hydrogen-bond donors (Lipinski definition) is 3. The van der Waals surface area contributed by atoms with Crippen LogP contribution in [0.3, 0.4) is 0 Å². The van der Waals surface area contributed by atoms with Gasteiger partial charge < -0.3 is 24.3 Å². The van der Waals surface area contributed by atoms with E-state index in [-0.39, 0.29) is 27.1 Å². The quantitative estimate of drug-likeness (QED) is 0.181. The van der Waals surface area contributed by atoms with Gasteiger partial charge in [-0.25, -0.2) is 20.2 Å². The first-order valence-corrected chi connectivity index (χ1v) is 16.0. The fourth-order valence-corrected chi connectivity index (χ4v) is 6.62. The molecule has 4 aromatic rings. The molecule has 3 N–H and O–H groups in total. The molecule has 6 rings (SSSR count). The zero-order valence-electron chi connectivity index (χ0n) is 25.8. The lowest BCUT2D eigenvalue weighted by Gasteiger charge is -2.48. The largest absolute Gasteiger partial charge is 0.457 e. The maximum atomic E-state index is 14.2. The number of carbonyl (C=O) groups excluding carboxylic acids is 2. The maximum Gasteiger partial charge on any atom is 0.426 e. The van der Waals surface area contributed by atoms with Gasteiger partial charge in [0, 0.05) is 34.3 Å². The van der Waals surface area contributed by atoms with E-state index in [1.54, 1.807) is 45.2 Å². The van der Waals surface area contributed by atoms with Crippen LogP contribution in [0.2, 0.25) is 10.0 Å². The molecule has 1 aliphatic carbocycles. The van der Waals surface area contributed by atoms with Crippen LogP contribution in [0.25, 0.3) is 11.0 Å². The van der Waals surface area contributed by atoms with E-state index in [1.165, 1.54) is 11.2 Å². The van der Waals surface area contributed by atoms with Gasteiger partial charge in [-0.15, -0.1) is 0 Å². The average molecular weight is 668 g/mol. The number of aliphatic hydroxyl groups excluding tert-OH is 1. The Morgan fingerprint density at radius 1 is 1.09 bits per heavy atom. The monoisotopic (exact) mass is 666 g/mol. The highest BCUT2D eigenvalue weighted by atomic mass is 35.5. The summed E-state index contributed by atoms with van der Waals surface area (Å²) >= 11 is 13.6. The molecule has 2 fully saturated rings. The van der Waals surface area contributed by atoms with Crippen LogP contribution in [-0.4, -0.2) is 56.9 Å². The number of aromatic amines is 1. The van der Waals surface area contributed by atoms with Gasteiger partial charge in [-0.1, -0.05) is 47.5 Å². The highest BCUT2D eigenvalue weighted by Crippen LogP contribution is 2.44. The minimum absolute atomic E-state index is 0.0724. The van der Waals surface area contributed by atoms with E-state index in [4.69, 9.17) is 37.4 Å². The van der Waals surface area contributed by atoms with E-state index in [1.807, 2.05) is 30.3 Å². The van der Waals surface area contributed by atoms with Gasteiger partial charge in [-0.05, 0) is 70.7 Å². The van der Waals surface area contributed by atoms with Crippen LogP contribution in [0, 0.1) is 5.41 Å². The third-order valence-corrected chi connectivity index (χ3v) is 9.19. The third kappa shape index (κ3) is 6.66. The fraction of sp³-hybridized carbons (Fsp3) is 0.382. The Balaban J connectivity index is 1.29. The Labute approximate surface area is 276 Å². The van der Waals surface area contributed by atoms with Gasteiger partial charge in [0.2, 0.25) is 0 Å². The number of amides is 2. The first-order chi connectivity index (χ1) is 21.9. The summed E-state index contributed by atoms with van der Waals surface area (Å²) in [5.41, 5.74) is 3.32. The first-order valence-electron chi connectivity index (χ1n) is 15.2. The number of rotatable bonds is 6. The van der Waals surface area contributed by atoms with E-state index < -0.39 is 23.7 Å². The van der Waals surface area contributed by atoms with Crippen molar-refractivity contribution < 1.29 is 28.9 Å². The summed E-state index contributed by atoms with van der Waals surface area (Å²) in [6, 6.07) is 14.0. The Morgan fingerprint density at radius 2 is 1.80 bits per heavy atom. The van der Waals surface area contributed by atoms with Crippen LogP contribution < -0.4 is 10.2 Å². The summed E-state index contributed by atoms with van der Waals surface area (Å²) in [4.78, 5) is 34.5. The molecule has 2 aromatic heterocycles. The second-order valence-electron chi connectivity index (χ2n) is 13.0. The van der Waals surface area contributed by atoms with E-state index in [2.05, 4.69) is 15.4 Å². The van der Waals surface area contributed by atoms with E-state index in [0.29, 0.717) is 59.7 Å². The van der Waals surface area contributed by atoms with Gasteiger partial charge in [0.15, 0.2) is 0 Å². The summed E-state index contributed by atoms with van der Waals surface area (Å²) in [7, 11) is 0. The molecule has 1 saturated carbocycles. The third-order valence-electron chi connectivity index (χ3n) is 8.47. The highest BCUT2D eigenvalue weighted by molar-refractivity contribution is 6.38. The number of fused-ring (bicyclic) bond motifs is 1. The molecule has 242 valence electrons. The smallest absolute Gasteiger partial charge is 0.426 e. The Kier molecular flexibility index (Phi) is 8.91. The van der Waals surface area contributed by atoms with Crippen LogP contribution in [0.15, 0.2) is 60.9 Å². The number of para-hydroxylation sites is 1. The van der Waals surface area contributed by atoms with Crippen molar-refractivity contribution >= 4 is 46.2 Å². The molecule has 1 saturated heterocycles. The molecule has 1 unspecified atom stereocenters. The molecule has 10 nitrogen and oxygen atoms in total. The molecule has 0 bridgehead atoms. The van der Waals surface area contributed by atoms with Crippen LogP contribution in [0.1, 0.15) is 74.0 Å². The van der Waals surface area contributed by atoms with Gasteiger partial charge in [-0.2, -0.15) is 0 Å². The zero-order valence-corrected chi connectivity index (χ0v) is 27.3. The number of hydrazine groups is 1. The molecule has 3 heterocycles. The van der Waals surface area contributed by atoms with Gasteiger partial charge in [0.1, 0.15) is 28.9 Å². The first kappa shape index (κ1) is 32.1. The van der Waals surface area contributed by atoms with Crippen molar-refractivity contribution in [3.63, 3.8) is 0 Å². The van der Waals surface area contributed by atoms with Crippen molar-refractivity contribution in [1.82, 2.24) is 20.4 Å². The lowest BCUT2D eigenvalue weighted by molar-refractivity contribution is -0.138. The number of pyridine rings is 1. The molecule has 1 aliphatic heterocycles. The number of nitrogens with zero attached hydrogens (tertiary/aromatic N) is 2. The van der Waals surface area contributed by atoms with Crippen LogP contribution in [0.4, 0.5) is 4.79 Å². The summed E-state index contributed by atoms with van der Waals surface area (Å²) < 4.78 is 16.8. The lowest BCUT2D eigenvalue weighted by atomic mass is 9.71. The van der Waals surface area contributed by atoms with Gasteiger partial charge in [0.25, 0.3) is 5.91 Å². The molecule has 2 aromatic carbocycles. The number of aromatic nitrogens is 2. The molecular formula is C34H36Cl2N4O6. The topological polar surface area (TPSA) is 126 Å². The van der Waals surface area contributed by atoms with Crippen molar-refractivity contribution in [2.24, 2.45) is 5.41 Å². The molecule has 2 aliphatic rings. The minimum Gasteiger partial charge on any atom is -0.457 e. The van der Waals surface area contributed by atoms with Gasteiger partial charge >= 0.3 is 6.09 Å². The van der Waals surface area contributed by atoms with E-state index >= 15 is 0 Å². The van der Waals surface area contributed by atoms with Crippen molar-refractivity contribution in [1.29, 1.82) is 0 Å². The summed E-state index contributed by atoms with van der Waals surface area (Å²) in [6.45, 7) is 6.69. The molecule has 1 spiro atoms. The van der Waals surface area contributed by atoms with Crippen LogP contribution in [-0.2, 0) is 9.47 Å². The van der Waals surface area contributed by atoms with Crippen molar-refractivity contribution in [3.05, 3.63) is 87.7 Å². The number of H-pyrrole nitrogens is 1. The summed E-state index contributed by atoms with van der Waals surface area (Å²) in [5.74, 6) is 0.631. The molecular weight excluding hydrogens is 631 g/mol. The molecule has 0 radical (unpaired) electrons. The minimum atomic E-state index is -1.20. The predicted molar refractivity (Wildman–Crippen MR) is 174 cm³/mol. The number of carbonyl (C=O) groups is 2. The summed E-state index contributed by atoms with van der Waals surface area (Å²) in [6.07, 6.45) is 4.10. The SMILES string of the molecule is CC(C)(C)OC(=O)NN(C(=O)c1cnc2[nH]cc(C(O)c3ccc(Oc4ccccc4)cc3Cl)c2c1Cl)C1CCC2(CC1)COC2. The lowest BCUT2D eigenvalue weighted by Crippen LogP contribution is -2.56. The van der Waals surface area contributed by atoms with Crippen molar-refractivity contribution in [2.75, 3.05) is 13.2 Å². The van der Waals surface area contributed by atoms with Crippen LogP contribution in [0.5, 0.6) is 11.5 Å². The normalized spacial score (nSPS) is 16.9. The standard InChI is InChI=1S/C34H36Cl2N4O6/c1-33(2,3)46-32(43)39-40(20-11-13-34(14-12-20)18-44-19-34)31(42)25-17-38-30-27(28(25)36)24(16-37-30)29(41)23-10-9-22(15-26(23)35)45-21-7-5-4-6-8-21/h4-10,15-17,20,29,41H,11-14,18-19H2,1-3H3,(H,37,38)(H,39,43). The number of benzene rings is 2. The molecule has 12 heteroatoms. The maximum absolute atomic E-state index is 14.2. The Morgan fingerprint density at radius 3 is 2.43 bits per heavy atom. The second kappa shape index (κ2) is 12.8. The summed E-state index contributed by atoms with van der Waals surface area (Å²) in [5, 5.41) is 13.6. The Bertz CT molecular complexity index is 1740. The number of ether oxygens (including phenoxy) is 3. The second-order valence-corrected chi connectivity index (χ2v) is 13.8. The highest BCUT2D eigenvalue weighted by Gasteiger charge is 2.44. The van der Waals surface area contributed by atoms with Crippen LogP contribution >= 0.6 is 23.2 Å². The molecule has 46 heavy (non-hydrogen) atoms. The molecule has 2 amide bonds. The van der Waals surface area contributed by atoms with Crippen molar-refractivity contribution in [2.45, 2.75) is 64.2 Å². The fourth-order valence-electron chi connectivity index (χ4n) is 6.02. The Hall–Kier alpha value is -3.83. The van der Waals surface area contributed by atoms with Crippen molar-refractivity contribution in [3.8, 4) is 11.5 Å². The molecule has 1 atom stereocenters. The predicted octanol–water partition coefficient (Wildman–Crippen LogP) is 7.58. The van der Waals surface area contributed by atoms with Gasteiger partial charge in [0.05, 0.1) is 34.9 Å². The number of nitrogens with one attached hydrogen (secondary N) is 2. The van der Waals surface area contributed by atoms with Gasteiger partial charge in [-0.3, -0.25) is 4.79 Å².